The highest BCUT2D eigenvalue weighted by Crippen LogP contribution is 2.26. The molecule has 0 aliphatic carbocycles. The fourth-order valence-electron chi connectivity index (χ4n) is 4.93. The van der Waals surface area contributed by atoms with Gasteiger partial charge in [0.15, 0.2) is 5.69 Å². The first-order chi connectivity index (χ1) is 16.0. The highest BCUT2D eigenvalue weighted by atomic mass is 16.2. The molecule has 3 aromatic rings. The van der Waals surface area contributed by atoms with Crippen molar-refractivity contribution in [1.29, 1.82) is 0 Å². The maximum atomic E-state index is 13.1. The molecule has 0 radical (unpaired) electrons. The average molecular weight is 447 g/mol. The van der Waals surface area contributed by atoms with Crippen LogP contribution in [-0.2, 0) is 6.54 Å². The molecule has 2 N–H and O–H groups in total. The lowest BCUT2D eigenvalue weighted by atomic mass is 10.0. The van der Waals surface area contributed by atoms with Gasteiger partial charge in [-0.15, -0.1) is 0 Å². The maximum Gasteiger partial charge on any atom is 0.272 e. The molecule has 2 aromatic heterocycles. The van der Waals surface area contributed by atoms with Crippen LogP contribution < -0.4 is 5.32 Å². The van der Waals surface area contributed by atoms with Crippen LogP contribution in [0.3, 0.4) is 0 Å². The van der Waals surface area contributed by atoms with Crippen LogP contribution in [0.2, 0.25) is 0 Å². The second-order valence-corrected chi connectivity index (χ2v) is 9.99. The average Bonchev–Trinajstić information content (AvgIpc) is 3.21. The molecular formula is C26H34N6O. The van der Waals surface area contributed by atoms with Gasteiger partial charge in [-0.05, 0) is 67.6 Å². The second kappa shape index (κ2) is 9.61. The lowest BCUT2D eigenvalue weighted by Crippen LogP contribution is -2.45. The number of rotatable bonds is 7. The third kappa shape index (κ3) is 5.09. The predicted octanol–water partition coefficient (Wildman–Crippen LogP) is 3.68. The topological polar surface area (TPSA) is 77.1 Å². The van der Waals surface area contributed by atoms with Crippen molar-refractivity contribution in [2.75, 3.05) is 32.7 Å². The van der Waals surface area contributed by atoms with E-state index in [0.29, 0.717) is 11.6 Å². The Labute approximate surface area is 195 Å². The number of piperidine rings is 1. The van der Waals surface area contributed by atoms with Crippen LogP contribution in [0.25, 0.3) is 22.0 Å². The molecule has 0 atom stereocenters. The van der Waals surface area contributed by atoms with Crippen LogP contribution in [0.4, 0.5) is 0 Å². The van der Waals surface area contributed by atoms with Gasteiger partial charge in [0.1, 0.15) is 0 Å². The number of H-pyrrole nitrogens is 1. The van der Waals surface area contributed by atoms with Gasteiger partial charge in [-0.1, -0.05) is 19.9 Å². The quantitative estimate of drug-likeness (QED) is 0.579. The zero-order chi connectivity index (χ0) is 22.8. The molecule has 2 aliphatic rings. The summed E-state index contributed by atoms with van der Waals surface area (Å²) in [6, 6.07) is 8.54. The van der Waals surface area contributed by atoms with E-state index in [4.69, 9.17) is 0 Å². The fourth-order valence-corrected chi connectivity index (χ4v) is 4.93. The zero-order valence-corrected chi connectivity index (χ0v) is 19.7. The van der Waals surface area contributed by atoms with Crippen molar-refractivity contribution in [3.05, 3.63) is 47.9 Å². The minimum absolute atomic E-state index is 0.0923. The Morgan fingerprint density at radius 1 is 1.09 bits per heavy atom. The predicted molar refractivity (Wildman–Crippen MR) is 131 cm³/mol. The number of nitrogens with zero attached hydrogens (tertiary/aromatic N) is 4. The molecular weight excluding hydrogens is 412 g/mol. The van der Waals surface area contributed by atoms with Crippen molar-refractivity contribution in [2.24, 2.45) is 5.92 Å². The number of aromatic amines is 1. The van der Waals surface area contributed by atoms with Gasteiger partial charge in [-0.3, -0.25) is 19.8 Å². The first kappa shape index (κ1) is 22.0. The Hall–Kier alpha value is -2.77. The minimum atomic E-state index is -0.0923. The third-order valence-electron chi connectivity index (χ3n) is 6.81. The number of likely N-dealkylation sites (tertiary alicyclic amines) is 2. The Morgan fingerprint density at radius 3 is 2.64 bits per heavy atom. The number of nitrogens with one attached hydrogen (secondary N) is 2. The molecule has 0 saturated carbocycles. The molecule has 1 aromatic carbocycles. The molecule has 2 fully saturated rings. The van der Waals surface area contributed by atoms with Crippen molar-refractivity contribution in [3.8, 4) is 11.1 Å². The van der Waals surface area contributed by atoms with E-state index in [1.165, 1.54) is 25.1 Å². The van der Waals surface area contributed by atoms with Crippen molar-refractivity contribution in [2.45, 2.75) is 45.7 Å². The summed E-state index contributed by atoms with van der Waals surface area (Å²) in [4.78, 5) is 22.5. The third-order valence-corrected chi connectivity index (χ3v) is 6.81. The van der Waals surface area contributed by atoms with Gasteiger partial charge in [-0.2, -0.15) is 5.10 Å². The summed E-state index contributed by atoms with van der Waals surface area (Å²) < 4.78 is 0. The van der Waals surface area contributed by atoms with E-state index in [1.807, 2.05) is 18.5 Å². The number of carbonyl (C=O) groups excluding carboxylic acids is 1. The molecule has 5 rings (SSSR count). The maximum absolute atomic E-state index is 13.1. The van der Waals surface area contributed by atoms with E-state index < -0.39 is 0 Å². The van der Waals surface area contributed by atoms with Gasteiger partial charge < -0.3 is 10.2 Å². The summed E-state index contributed by atoms with van der Waals surface area (Å²) in [5.74, 6) is 0.581. The van der Waals surface area contributed by atoms with E-state index in [2.05, 4.69) is 62.3 Å². The highest BCUT2D eigenvalue weighted by molar-refractivity contribution is 6.05. The number of carbonyl (C=O) groups is 1. The van der Waals surface area contributed by atoms with E-state index in [1.54, 1.807) is 0 Å². The molecule has 7 heteroatoms. The monoisotopic (exact) mass is 446 g/mol. The van der Waals surface area contributed by atoms with Crippen LogP contribution in [0.15, 0.2) is 36.7 Å². The van der Waals surface area contributed by atoms with Crippen molar-refractivity contribution in [3.63, 3.8) is 0 Å². The van der Waals surface area contributed by atoms with Crippen LogP contribution in [0.1, 0.15) is 49.2 Å². The number of benzene rings is 1. The Balaban J connectivity index is 1.29. The second-order valence-electron chi connectivity index (χ2n) is 9.99. The summed E-state index contributed by atoms with van der Waals surface area (Å²) in [5, 5.41) is 11.5. The smallest absolute Gasteiger partial charge is 0.272 e. The van der Waals surface area contributed by atoms with E-state index in [-0.39, 0.29) is 11.9 Å². The number of hydrogen-bond donors (Lipinski definition) is 2. The fraction of sp³-hybridized carbons (Fsp3) is 0.500. The lowest BCUT2D eigenvalue weighted by molar-refractivity contribution is 0.0904. The Bertz CT molecular complexity index is 1110. The number of fused-ring (bicyclic) bond motifs is 1. The molecule has 0 spiro atoms. The summed E-state index contributed by atoms with van der Waals surface area (Å²) in [6.07, 6.45) is 7.10. The zero-order valence-electron chi connectivity index (χ0n) is 19.7. The summed E-state index contributed by atoms with van der Waals surface area (Å²) in [7, 11) is 0. The molecule has 0 unspecified atom stereocenters. The van der Waals surface area contributed by atoms with E-state index in [0.717, 1.165) is 61.1 Å². The SMILES string of the molecule is CC(C)CN1CCC(NC(=O)c2n[nH]c3ccc(-c4cncc(CN5CCC5)c4)cc23)CC1. The highest BCUT2D eigenvalue weighted by Gasteiger charge is 2.23. The first-order valence-corrected chi connectivity index (χ1v) is 12.2. The Kier molecular flexibility index (Phi) is 6.42. The van der Waals surface area contributed by atoms with Gasteiger partial charge >= 0.3 is 0 Å². The van der Waals surface area contributed by atoms with Crippen molar-refractivity contribution in [1.82, 2.24) is 30.3 Å². The van der Waals surface area contributed by atoms with Crippen LogP contribution in [-0.4, -0.2) is 69.7 Å². The lowest BCUT2D eigenvalue weighted by Gasteiger charge is -2.33. The van der Waals surface area contributed by atoms with Gasteiger partial charge in [0.25, 0.3) is 5.91 Å². The van der Waals surface area contributed by atoms with Crippen LogP contribution in [0, 0.1) is 5.92 Å². The van der Waals surface area contributed by atoms with Gasteiger partial charge in [0.05, 0.1) is 5.52 Å². The number of aromatic nitrogens is 3. The minimum Gasteiger partial charge on any atom is -0.348 e. The molecule has 4 heterocycles. The van der Waals surface area contributed by atoms with E-state index >= 15 is 0 Å². The number of amides is 1. The van der Waals surface area contributed by atoms with Gasteiger partial charge in [0.2, 0.25) is 0 Å². The normalized spacial score (nSPS) is 18.0. The first-order valence-electron chi connectivity index (χ1n) is 12.2. The molecule has 7 nitrogen and oxygen atoms in total. The molecule has 174 valence electrons. The molecule has 0 bridgehead atoms. The molecule has 2 aliphatic heterocycles. The van der Waals surface area contributed by atoms with Gasteiger partial charge in [-0.25, -0.2) is 0 Å². The molecule has 33 heavy (non-hydrogen) atoms. The summed E-state index contributed by atoms with van der Waals surface area (Å²) >= 11 is 0. The number of pyridine rings is 1. The molecule has 2 saturated heterocycles. The van der Waals surface area contributed by atoms with Crippen LogP contribution in [0.5, 0.6) is 0 Å². The number of hydrogen-bond acceptors (Lipinski definition) is 5. The standard InChI is InChI=1S/C26H34N6O/c1-18(2)16-32-10-6-22(7-11-32)28-26(33)25-23-13-20(4-5-24(23)29-30-25)21-12-19(14-27-15-21)17-31-8-3-9-31/h4-5,12-15,18,22H,3,6-11,16-17H2,1-2H3,(H,28,33)(H,29,30). The van der Waals surface area contributed by atoms with E-state index in [9.17, 15) is 4.79 Å². The van der Waals surface area contributed by atoms with Crippen molar-refractivity contribution < 1.29 is 4.79 Å². The largest absolute Gasteiger partial charge is 0.348 e. The summed E-state index contributed by atoms with van der Waals surface area (Å²) in [5.41, 5.74) is 4.70. The Morgan fingerprint density at radius 2 is 1.91 bits per heavy atom. The summed E-state index contributed by atoms with van der Waals surface area (Å²) in [6.45, 7) is 11.0. The molecule has 1 amide bonds. The van der Waals surface area contributed by atoms with Crippen molar-refractivity contribution >= 4 is 16.8 Å². The van der Waals surface area contributed by atoms with Gasteiger partial charge in [0, 0.05) is 55.6 Å². The van der Waals surface area contributed by atoms with Crippen LogP contribution >= 0.6 is 0 Å².